The molecule has 1 amide bonds. The molecule has 0 aromatic heterocycles. The Hall–Kier alpha value is -2.99. The van der Waals surface area contributed by atoms with Crippen LogP contribution in [0.5, 0.6) is 0 Å². The number of fused-ring (bicyclic) bond motifs is 1. The zero-order valence-electron chi connectivity index (χ0n) is 15.0. The summed E-state index contributed by atoms with van der Waals surface area (Å²) in [6, 6.07) is 19.9. The highest BCUT2D eigenvalue weighted by Crippen LogP contribution is 2.19. The number of nitrogens with one attached hydrogen (secondary N) is 1. The van der Waals surface area contributed by atoms with Gasteiger partial charge in [-0.1, -0.05) is 42.5 Å². The highest BCUT2D eigenvalue weighted by atomic mass is 32.2. The van der Waals surface area contributed by atoms with E-state index in [-0.39, 0.29) is 5.56 Å². The average molecular weight is 381 g/mol. The molecule has 138 valence electrons. The van der Waals surface area contributed by atoms with Gasteiger partial charge in [-0.05, 0) is 42.0 Å². The second-order valence-electron chi connectivity index (χ2n) is 6.05. The van der Waals surface area contributed by atoms with E-state index in [4.69, 9.17) is 4.74 Å². The molecule has 0 bridgehead atoms. The molecule has 2 atom stereocenters. The molecule has 3 rings (SSSR count). The maximum absolute atomic E-state index is 12.4. The van der Waals surface area contributed by atoms with E-state index in [1.807, 2.05) is 36.4 Å². The molecule has 0 aliphatic heterocycles. The van der Waals surface area contributed by atoms with Gasteiger partial charge in [0, 0.05) is 11.9 Å². The predicted octanol–water partition coefficient (Wildman–Crippen LogP) is 3.76. The highest BCUT2D eigenvalue weighted by molar-refractivity contribution is 7.84. The van der Waals surface area contributed by atoms with Crippen LogP contribution < -0.4 is 5.32 Å². The van der Waals surface area contributed by atoms with Crippen LogP contribution in [-0.4, -0.2) is 28.4 Å². The van der Waals surface area contributed by atoms with Crippen LogP contribution >= 0.6 is 0 Å². The summed E-state index contributed by atoms with van der Waals surface area (Å²) in [6.45, 7) is 1.50. The molecule has 0 heterocycles. The van der Waals surface area contributed by atoms with Crippen molar-refractivity contribution in [2.45, 2.75) is 17.9 Å². The summed E-state index contributed by atoms with van der Waals surface area (Å²) in [5.74, 6) is -1.12. The number of benzene rings is 3. The molecule has 5 nitrogen and oxygen atoms in total. The first-order valence-corrected chi connectivity index (χ1v) is 9.94. The van der Waals surface area contributed by atoms with Gasteiger partial charge in [-0.3, -0.25) is 9.00 Å². The van der Waals surface area contributed by atoms with E-state index in [1.54, 1.807) is 24.3 Å². The van der Waals surface area contributed by atoms with Crippen molar-refractivity contribution in [1.82, 2.24) is 0 Å². The number of carbonyl (C=O) groups is 2. The van der Waals surface area contributed by atoms with Gasteiger partial charge in [-0.15, -0.1) is 0 Å². The Morgan fingerprint density at radius 3 is 2.37 bits per heavy atom. The molecule has 0 aliphatic carbocycles. The fourth-order valence-corrected chi connectivity index (χ4v) is 3.41. The number of esters is 1. The summed E-state index contributed by atoms with van der Waals surface area (Å²) in [4.78, 5) is 25.1. The lowest BCUT2D eigenvalue weighted by molar-refractivity contribution is -0.123. The van der Waals surface area contributed by atoms with Crippen LogP contribution in [0, 0.1) is 0 Å². The number of hydrogen-bond donors (Lipinski definition) is 1. The van der Waals surface area contributed by atoms with Crippen LogP contribution in [0.4, 0.5) is 5.69 Å². The summed E-state index contributed by atoms with van der Waals surface area (Å²) in [5.41, 5.74) is 0.820. The molecule has 1 N–H and O–H groups in total. The lowest BCUT2D eigenvalue weighted by Gasteiger charge is -2.15. The molecule has 0 saturated heterocycles. The molecule has 0 fully saturated rings. The topological polar surface area (TPSA) is 72.5 Å². The minimum absolute atomic E-state index is 0.198. The minimum Gasteiger partial charge on any atom is -0.449 e. The molecular weight excluding hydrogens is 362 g/mol. The summed E-state index contributed by atoms with van der Waals surface area (Å²) in [6.07, 6.45) is 0.490. The fraction of sp³-hybridized carbons (Fsp3) is 0.143. The van der Waals surface area contributed by atoms with Gasteiger partial charge in [0.05, 0.1) is 21.3 Å². The third-order valence-electron chi connectivity index (χ3n) is 4.09. The third-order valence-corrected chi connectivity index (χ3v) is 5.06. The van der Waals surface area contributed by atoms with Crippen molar-refractivity contribution >= 4 is 39.1 Å². The molecule has 3 aromatic carbocycles. The minimum atomic E-state index is -1.33. The maximum atomic E-state index is 12.4. The molecular formula is C21H19NO4S. The first-order valence-electron chi connectivity index (χ1n) is 8.39. The van der Waals surface area contributed by atoms with Crippen molar-refractivity contribution in [2.24, 2.45) is 0 Å². The van der Waals surface area contributed by atoms with E-state index >= 15 is 0 Å². The number of ether oxygens (including phenoxy) is 1. The Bertz CT molecular complexity index is 1030. The largest absolute Gasteiger partial charge is 0.449 e. The van der Waals surface area contributed by atoms with Gasteiger partial charge in [-0.2, -0.15) is 0 Å². The van der Waals surface area contributed by atoms with Crippen molar-refractivity contribution in [3.63, 3.8) is 0 Å². The van der Waals surface area contributed by atoms with Crippen LogP contribution in [0.2, 0.25) is 0 Å². The number of carbonyl (C=O) groups excluding carboxylic acids is 2. The van der Waals surface area contributed by atoms with E-state index in [9.17, 15) is 13.8 Å². The van der Waals surface area contributed by atoms with Crippen molar-refractivity contribution in [2.75, 3.05) is 11.6 Å². The zero-order valence-corrected chi connectivity index (χ0v) is 15.8. The van der Waals surface area contributed by atoms with Crippen LogP contribution in [0.1, 0.15) is 17.3 Å². The first kappa shape index (κ1) is 18.8. The monoisotopic (exact) mass is 381 g/mol. The molecule has 0 spiro atoms. The number of anilines is 1. The third kappa shape index (κ3) is 4.41. The standard InChI is InChI=1S/C21H19NO4S/c1-14(26-21(24)18-9-5-6-10-19(18)27(2)25)20(23)22-17-12-11-15-7-3-4-8-16(15)13-17/h3-14H,1-2H3,(H,22,23)/t14-,27-/m1/s1. The Morgan fingerprint density at radius 1 is 0.963 bits per heavy atom. The van der Waals surface area contributed by atoms with E-state index in [1.165, 1.54) is 19.2 Å². The Labute approximate surface area is 159 Å². The molecule has 0 unspecified atom stereocenters. The summed E-state index contributed by atoms with van der Waals surface area (Å²) in [7, 11) is -1.33. The number of amides is 1. The normalized spacial score (nSPS) is 13.0. The van der Waals surface area contributed by atoms with Gasteiger partial charge >= 0.3 is 5.97 Å². The maximum Gasteiger partial charge on any atom is 0.340 e. The van der Waals surface area contributed by atoms with Crippen LogP contribution in [-0.2, 0) is 20.3 Å². The SMILES string of the molecule is C[C@@H](OC(=O)c1ccccc1[S@@](C)=O)C(=O)Nc1ccc2ccccc2c1. The Kier molecular flexibility index (Phi) is 5.66. The van der Waals surface area contributed by atoms with Crippen LogP contribution in [0.25, 0.3) is 10.8 Å². The molecule has 3 aromatic rings. The first-order chi connectivity index (χ1) is 13.0. The number of hydrogen-bond acceptors (Lipinski definition) is 4. The van der Waals surface area contributed by atoms with Gasteiger partial charge in [-0.25, -0.2) is 4.79 Å². The average Bonchev–Trinajstić information content (AvgIpc) is 2.67. The smallest absolute Gasteiger partial charge is 0.340 e. The lowest BCUT2D eigenvalue weighted by atomic mass is 10.1. The second kappa shape index (κ2) is 8.14. The van der Waals surface area contributed by atoms with E-state index in [0.717, 1.165) is 10.8 Å². The van der Waals surface area contributed by atoms with Crippen molar-refractivity contribution in [3.05, 3.63) is 72.3 Å². The summed E-state index contributed by atoms with van der Waals surface area (Å²) < 4.78 is 17.0. The van der Waals surface area contributed by atoms with Gasteiger partial charge in [0.15, 0.2) is 6.10 Å². The highest BCUT2D eigenvalue weighted by Gasteiger charge is 2.21. The summed E-state index contributed by atoms with van der Waals surface area (Å²) >= 11 is 0. The summed E-state index contributed by atoms with van der Waals surface area (Å²) in [5, 5.41) is 4.82. The van der Waals surface area contributed by atoms with Crippen molar-refractivity contribution in [3.8, 4) is 0 Å². The fourth-order valence-electron chi connectivity index (χ4n) is 2.67. The van der Waals surface area contributed by atoms with E-state index in [0.29, 0.717) is 10.6 Å². The molecule has 0 saturated carbocycles. The number of rotatable bonds is 5. The van der Waals surface area contributed by atoms with Crippen LogP contribution in [0.3, 0.4) is 0 Å². The second-order valence-corrected chi connectivity index (χ2v) is 7.40. The van der Waals surface area contributed by atoms with Crippen LogP contribution in [0.15, 0.2) is 71.6 Å². The van der Waals surface area contributed by atoms with Crippen molar-refractivity contribution < 1.29 is 18.5 Å². The van der Waals surface area contributed by atoms with Gasteiger partial charge in [0.1, 0.15) is 0 Å². The Balaban J connectivity index is 1.70. The molecule has 0 radical (unpaired) electrons. The van der Waals surface area contributed by atoms with Gasteiger partial charge < -0.3 is 10.1 Å². The molecule has 6 heteroatoms. The van der Waals surface area contributed by atoms with Gasteiger partial charge in [0.25, 0.3) is 5.91 Å². The Morgan fingerprint density at radius 2 is 1.63 bits per heavy atom. The quantitative estimate of drug-likeness (QED) is 0.683. The van der Waals surface area contributed by atoms with Gasteiger partial charge in [0.2, 0.25) is 0 Å². The molecule has 0 aliphatic rings. The van der Waals surface area contributed by atoms with E-state index in [2.05, 4.69) is 5.32 Å². The zero-order chi connectivity index (χ0) is 19.4. The van der Waals surface area contributed by atoms with E-state index < -0.39 is 28.8 Å². The lowest BCUT2D eigenvalue weighted by Crippen LogP contribution is -2.30. The molecule has 27 heavy (non-hydrogen) atoms. The predicted molar refractivity (Wildman–Crippen MR) is 106 cm³/mol. The van der Waals surface area contributed by atoms with Crippen molar-refractivity contribution in [1.29, 1.82) is 0 Å².